The molecule has 1 aromatic rings. The summed E-state index contributed by atoms with van der Waals surface area (Å²) < 4.78 is 10.7. The van der Waals surface area contributed by atoms with E-state index in [9.17, 15) is 14.7 Å². The van der Waals surface area contributed by atoms with Crippen LogP contribution in [0.4, 0.5) is 0 Å². The van der Waals surface area contributed by atoms with Gasteiger partial charge < -0.3 is 14.6 Å². The summed E-state index contributed by atoms with van der Waals surface area (Å²) >= 11 is 0. The number of aliphatic hydroxyl groups excluding tert-OH is 1. The van der Waals surface area contributed by atoms with Gasteiger partial charge in [0.15, 0.2) is 17.6 Å². The van der Waals surface area contributed by atoms with E-state index in [0.717, 1.165) is 24.8 Å². The third kappa shape index (κ3) is 10.6. The van der Waals surface area contributed by atoms with E-state index in [4.69, 9.17) is 9.47 Å². The smallest absolute Gasteiger partial charge is 0.346 e. The lowest BCUT2D eigenvalue weighted by Crippen LogP contribution is -2.19. The van der Waals surface area contributed by atoms with Crippen molar-refractivity contribution in [1.82, 2.24) is 0 Å². The number of carbonyl (C=O) groups excluding carboxylic acids is 2. The van der Waals surface area contributed by atoms with E-state index in [2.05, 4.69) is 6.92 Å². The van der Waals surface area contributed by atoms with Gasteiger partial charge in [0.2, 0.25) is 0 Å². The highest BCUT2D eigenvalue weighted by Gasteiger charge is 2.37. The Morgan fingerprint density at radius 3 is 2.00 bits per heavy atom. The Kier molecular flexibility index (Phi) is 13.5. The van der Waals surface area contributed by atoms with Crippen molar-refractivity contribution in [1.29, 1.82) is 0 Å². The van der Waals surface area contributed by atoms with Gasteiger partial charge in [0.1, 0.15) is 5.57 Å². The SMILES string of the molecule is CCCCCCCCCCCCCCCC(=O)C1=C(O)C(COCc2ccccc2)OC1=O. The molecule has 0 bridgehead atoms. The molecule has 1 unspecified atom stereocenters. The first kappa shape index (κ1) is 27.1. The summed E-state index contributed by atoms with van der Waals surface area (Å²) in [6, 6.07) is 9.62. The lowest BCUT2D eigenvalue weighted by Gasteiger charge is -2.10. The van der Waals surface area contributed by atoms with Gasteiger partial charge in [0.05, 0.1) is 13.2 Å². The van der Waals surface area contributed by atoms with Gasteiger partial charge in [-0.05, 0) is 12.0 Å². The minimum absolute atomic E-state index is 0.0297. The molecular formula is C28H42O5. The van der Waals surface area contributed by atoms with Crippen LogP contribution in [0.15, 0.2) is 41.7 Å². The maximum atomic E-state index is 12.4. The number of ketones is 1. The largest absolute Gasteiger partial charge is 0.507 e. The number of cyclic esters (lactones) is 1. The summed E-state index contributed by atoms with van der Waals surface area (Å²) in [5.74, 6) is -1.35. The highest BCUT2D eigenvalue weighted by Crippen LogP contribution is 2.24. The van der Waals surface area contributed by atoms with Crippen LogP contribution in [-0.4, -0.2) is 29.6 Å². The first-order valence-corrected chi connectivity index (χ1v) is 12.9. The van der Waals surface area contributed by atoms with Gasteiger partial charge in [-0.2, -0.15) is 0 Å². The molecule has 0 aromatic heterocycles. The predicted octanol–water partition coefficient (Wildman–Crippen LogP) is 6.99. The highest BCUT2D eigenvalue weighted by molar-refractivity contribution is 6.19. The molecule has 1 aliphatic rings. The van der Waals surface area contributed by atoms with Crippen LogP contribution in [0, 0.1) is 0 Å². The molecule has 1 aromatic carbocycles. The van der Waals surface area contributed by atoms with E-state index in [1.807, 2.05) is 30.3 Å². The van der Waals surface area contributed by atoms with E-state index in [0.29, 0.717) is 6.61 Å². The third-order valence-electron chi connectivity index (χ3n) is 6.18. The number of carbonyl (C=O) groups is 2. The van der Waals surface area contributed by atoms with Gasteiger partial charge in [-0.15, -0.1) is 0 Å². The molecule has 0 radical (unpaired) electrons. The predicted molar refractivity (Wildman–Crippen MR) is 131 cm³/mol. The van der Waals surface area contributed by atoms with Gasteiger partial charge >= 0.3 is 5.97 Å². The summed E-state index contributed by atoms with van der Waals surface area (Å²) in [4.78, 5) is 24.5. The molecule has 5 heteroatoms. The van der Waals surface area contributed by atoms with Crippen LogP contribution >= 0.6 is 0 Å². The maximum absolute atomic E-state index is 12.4. The Labute approximate surface area is 199 Å². The fourth-order valence-corrected chi connectivity index (χ4v) is 4.17. The van der Waals surface area contributed by atoms with Crippen molar-refractivity contribution < 1.29 is 24.2 Å². The van der Waals surface area contributed by atoms with E-state index >= 15 is 0 Å². The molecule has 0 amide bonds. The number of ether oxygens (including phenoxy) is 2. The monoisotopic (exact) mass is 458 g/mol. The average molecular weight is 459 g/mol. The first-order chi connectivity index (χ1) is 16.1. The first-order valence-electron chi connectivity index (χ1n) is 12.9. The van der Waals surface area contributed by atoms with Crippen molar-refractivity contribution in [2.75, 3.05) is 6.61 Å². The van der Waals surface area contributed by atoms with Crippen molar-refractivity contribution in [2.45, 2.75) is 110 Å². The molecule has 0 fully saturated rings. The van der Waals surface area contributed by atoms with Crippen molar-refractivity contribution in [3.05, 3.63) is 47.2 Å². The summed E-state index contributed by atoms with van der Waals surface area (Å²) in [6.07, 6.45) is 15.4. The van der Waals surface area contributed by atoms with Crippen molar-refractivity contribution in [3.8, 4) is 0 Å². The molecule has 184 valence electrons. The Balaban J connectivity index is 1.54. The maximum Gasteiger partial charge on any atom is 0.346 e. The lowest BCUT2D eigenvalue weighted by molar-refractivity contribution is -0.143. The van der Waals surface area contributed by atoms with E-state index in [1.54, 1.807) is 0 Å². The van der Waals surface area contributed by atoms with E-state index < -0.39 is 12.1 Å². The number of unbranched alkanes of at least 4 members (excludes halogenated alkanes) is 12. The Morgan fingerprint density at radius 2 is 1.42 bits per heavy atom. The van der Waals surface area contributed by atoms with Crippen LogP contribution in [0.25, 0.3) is 0 Å². The standard InChI is InChI=1S/C28H42O5/c1-2-3-4-5-6-7-8-9-10-11-12-13-17-20-24(29)26-27(30)25(33-28(26)31)22-32-21-23-18-15-14-16-19-23/h14-16,18-19,25,30H,2-13,17,20-22H2,1H3. The number of benzene rings is 1. The fourth-order valence-electron chi connectivity index (χ4n) is 4.17. The minimum Gasteiger partial charge on any atom is -0.507 e. The van der Waals surface area contributed by atoms with Crippen LogP contribution in [0.2, 0.25) is 0 Å². The number of rotatable bonds is 19. The van der Waals surface area contributed by atoms with Crippen LogP contribution in [0.1, 0.15) is 102 Å². The summed E-state index contributed by atoms with van der Waals surface area (Å²) in [5.41, 5.74) is 0.797. The number of aliphatic hydroxyl groups is 1. The zero-order chi connectivity index (χ0) is 23.7. The second kappa shape index (κ2) is 16.5. The summed E-state index contributed by atoms with van der Waals surface area (Å²) in [6.45, 7) is 2.63. The van der Waals surface area contributed by atoms with E-state index in [-0.39, 0.29) is 30.1 Å². The Hall–Kier alpha value is -2.14. The number of hydrogen-bond acceptors (Lipinski definition) is 5. The molecule has 1 N–H and O–H groups in total. The third-order valence-corrected chi connectivity index (χ3v) is 6.18. The summed E-state index contributed by atoms with van der Waals surface area (Å²) in [5, 5.41) is 10.3. The zero-order valence-electron chi connectivity index (χ0n) is 20.4. The Morgan fingerprint density at radius 1 is 0.879 bits per heavy atom. The zero-order valence-corrected chi connectivity index (χ0v) is 20.4. The molecule has 2 rings (SSSR count). The quantitative estimate of drug-likeness (QED) is 0.137. The second-order valence-corrected chi connectivity index (χ2v) is 9.07. The van der Waals surface area contributed by atoms with Crippen LogP contribution < -0.4 is 0 Å². The molecule has 0 saturated carbocycles. The van der Waals surface area contributed by atoms with Crippen molar-refractivity contribution in [2.24, 2.45) is 0 Å². The van der Waals surface area contributed by atoms with Gasteiger partial charge in [0.25, 0.3) is 0 Å². The molecule has 1 aliphatic heterocycles. The van der Waals surface area contributed by atoms with Crippen molar-refractivity contribution >= 4 is 11.8 Å². The molecule has 0 saturated heterocycles. The lowest BCUT2D eigenvalue weighted by atomic mass is 10.0. The van der Waals surface area contributed by atoms with Crippen LogP contribution in [-0.2, 0) is 25.7 Å². The normalized spacial score (nSPS) is 15.8. The fraction of sp³-hybridized carbons (Fsp3) is 0.643. The molecular weight excluding hydrogens is 416 g/mol. The molecule has 33 heavy (non-hydrogen) atoms. The molecule has 1 atom stereocenters. The van der Waals surface area contributed by atoms with Gasteiger partial charge in [-0.1, -0.05) is 114 Å². The van der Waals surface area contributed by atoms with Gasteiger partial charge in [-0.25, -0.2) is 4.79 Å². The molecule has 5 nitrogen and oxygen atoms in total. The highest BCUT2D eigenvalue weighted by atomic mass is 16.6. The van der Waals surface area contributed by atoms with Gasteiger partial charge in [0, 0.05) is 6.42 Å². The molecule has 0 aliphatic carbocycles. The topological polar surface area (TPSA) is 72.8 Å². The summed E-state index contributed by atoms with van der Waals surface area (Å²) in [7, 11) is 0. The molecule has 0 spiro atoms. The Bertz CT molecular complexity index is 725. The molecule has 1 heterocycles. The van der Waals surface area contributed by atoms with E-state index in [1.165, 1.54) is 64.2 Å². The average Bonchev–Trinajstić information content (AvgIpc) is 3.10. The van der Waals surface area contributed by atoms with Crippen LogP contribution in [0.5, 0.6) is 0 Å². The van der Waals surface area contributed by atoms with Crippen molar-refractivity contribution in [3.63, 3.8) is 0 Å². The number of hydrogen-bond donors (Lipinski definition) is 1. The van der Waals surface area contributed by atoms with Gasteiger partial charge in [-0.3, -0.25) is 4.79 Å². The second-order valence-electron chi connectivity index (χ2n) is 9.07. The van der Waals surface area contributed by atoms with Crippen LogP contribution in [0.3, 0.4) is 0 Å². The number of esters is 1. The number of Topliss-reactive ketones (excluding diaryl/α,β-unsaturated/α-hetero) is 1. The minimum atomic E-state index is -0.896.